The molecule has 1 saturated heterocycles. The number of hydrogen-bond donors (Lipinski definition) is 1. The van der Waals surface area contributed by atoms with Gasteiger partial charge in [-0.15, -0.1) is 0 Å². The van der Waals surface area contributed by atoms with E-state index in [1.54, 1.807) is 39.8 Å². The van der Waals surface area contributed by atoms with Gasteiger partial charge in [0.25, 0.3) is 11.5 Å². The first-order chi connectivity index (χ1) is 14.5. The lowest BCUT2D eigenvalue weighted by Gasteiger charge is -2.36. The van der Waals surface area contributed by atoms with Crippen LogP contribution < -0.4 is 10.5 Å². The van der Waals surface area contributed by atoms with Crippen LogP contribution in [0, 0.1) is 10.6 Å². The molecule has 1 aromatic heterocycles. The fraction of sp³-hybridized carbons (Fsp3) is 0.318. The number of fused-ring (bicyclic) bond motifs is 1. The molecular weight excluding hydrogens is 403 g/mol. The predicted molar refractivity (Wildman–Crippen MR) is 118 cm³/mol. The van der Waals surface area contributed by atoms with E-state index in [2.05, 4.69) is 9.88 Å². The van der Waals surface area contributed by atoms with Crippen molar-refractivity contribution in [1.29, 1.82) is 0 Å². The molecule has 156 valence electrons. The highest BCUT2D eigenvalue weighted by molar-refractivity contribution is 7.71. The van der Waals surface area contributed by atoms with E-state index in [0.29, 0.717) is 54.0 Å². The molecule has 3 aromatic rings. The van der Waals surface area contributed by atoms with E-state index in [1.807, 2.05) is 6.92 Å². The van der Waals surface area contributed by atoms with Gasteiger partial charge in [-0.3, -0.25) is 14.2 Å². The molecule has 2 heterocycles. The molecule has 1 aliphatic rings. The number of aromatic amines is 1. The zero-order valence-corrected chi connectivity index (χ0v) is 17.5. The largest absolute Gasteiger partial charge is 0.368 e. The van der Waals surface area contributed by atoms with Crippen LogP contribution in [0.5, 0.6) is 0 Å². The van der Waals surface area contributed by atoms with Crippen molar-refractivity contribution in [2.75, 3.05) is 31.1 Å². The van der Waals surface area contributed by atoms with Gasteiger partial charge in [0.1, 0.15) is 5.82 Å². The van der Waals surface area contributed by atoms with Crippen LogP contribution in [-0.2, 0) is 6.54 Å². The number of hydrogen-bond acceptors (Lipinski definition) is 4. The number of rotatable bonds is 4. The Morgan fingerprint density at radius 3 is 2.47 bits per heavy atom. The molecule has 0 atom stereocenters. The van der Waals surface area contributed by atoms with Crippen LogP contribution >= 0.6 is 12.2 Å². The summed E-state index contributed by atoms with van der Waals surface area (Å²) in [6, 6.07) is 11.5. The van der Waals surface area contributed by atoms with Crippen LogP contribution in [0.1, 0.15) is 23.7 Å². The van der Waals surface area contributed by atoms with Gasteiger partial charge in [0.05, 0.1) is 10.9 Å². The summed E-state index contributed by atoms with van der Waals surface area (Å²) in [7, 11) is 0. The lowest BCUT2D eigenvalue weighted by Crippen LogP contribution is -2.48. The first-order valence-electron chi connectivity index (χ1n) is 10.0. The molecule has 2 aromatic carbocycles. The highest BCUT2D eigenvalue weighted by atomic mass is 32.1. The Kier molecular flexibility index (Phi) is 5.67. The Bertz CT molecular complexity index is 1190. The summed E-state index contributed by atoms with van der Waals surface area (Å²) < 4.78 is 15.0. The Hall–Kier alpha value is -3.00. The summed E-state index contributed by atoms with van der Waals surface area (Å²) in [5.41, 5.74) is 1.91. The van der Waals surface area contributed by atoms with E-state index >= 15 is 0 Å². The fourth-order valence-electron chi connectivity index (χ4n) is 3.82. The highest BCUT2D eigenvalue weighted by Crippen LogP contribution is 2.19. The van der Waals surface area contributed by atoms with Crippen molar-refractivity contribution in [3.8, 4) is 0 Å². The summed E-state index contributed by atoms with van der Waals surface area (Å²) in [6.45, 7) is 5.04. The molecule has 8 heteroatoms. The van der Waals surface area contributed by atoms with Gasteiger partial charge in [-0.2, -0.15) is 0 Å². The van der Waals surface area contributed by atoms with Gasteiger partial charge in [-0.1, -0.05) is 6.92 Å². The maximum absolute atomic E-state index is 13.1. The lowest BCUT2D eigenvalue weighted by molar-refractivity contribution is 0.0747. The lowest BCUT2D eigenvalue weighted by atomic mass is 10.1. The average molecular weight is 427 g/mol. The third-order valence-corrected chi connectivity index (χ3v) is 5.76. The van der Waals surface area contributed by atoms with Crippen molar-refractivity contribution in [3.05, 3.63) is 69.0 Å². The Morgan fingerprint density at radius 1 is 1.10 bits per heavy atom. The van der Waals surface area contributed by atoms with Crippen LogP contribution in [0.3, 0.4) is 0 Å². The zero-order valence-electron chi connectivity index (χ0n) is 16.7. The number of aromatic nitrogens is 2. The average Bonchev–Trinajstić information content (AvgIpc) is 2.76. The number of nitrogens with zero attached hydrogens (tertiary/aromatic N) is 3. The van der Waals surface area contributed by atoms with Crippen molar-refractivity contribution in [2.24, 2.45) is 0 Å². The maximum Gasteiger partial charge on any atom is 0.262 e. The summed E-state index contributed by atoms with van der Waals surface area (Å²) in [4.78, 5) is 32.7. The molecule has 0 saturated carbocycles. The number of anilines is 1. The van der Waals surface area contributed by atoms with Crippen LogP contribution in [0.2, 0.25) is 0 Å². The van der Waals surface area contributed by atoms with Crippen molar-refractivity contribution in [2.45, 2.75) is 19.9 Å². The van der Waals surface area contributed by atoms with Gasteiger partial charge >= 0.3 is 0 Å². The number of H-pyrrole nitrogens is 1. The predicted octanol–water partition coefficient (Wildman–Crippen LogP) is 3.57. The van der Waals surface area contributed by atoms with Crippen LogP contribution in [0.4, 0.5) is 10.1 Å². The first-order valence-corrected chi connectivity index (χ1v) is 10.5. The van der Waals surface area contributed by atoms with Crippen molar-refractivity contribution < 1.29 is 9.18 Å². The van der Waals surface area contributed by atoms with Gasteiger partial charge in [-0.05, 0) is 61.1 Å². The van der Waals surface area contributed by atoms with E-state index < -0.39 is 0 Å². The molecule has 0 spiro atoms. The summed E-state index contributed by atoms with van der Waals surface area (Å²) in [6.07, 6.45) is 0.809. The third-order valence-electron chi connectivity index (χ3n) is 5.43. The minimum atomic E-state index is -0.260. The highest BCUT2D eigenvalue weighted by Gasteiger charge is 2.23. The van der Waals surface area contributed by atoms with Crippen LogP contribution in [0.15, 0.2) is 47.3 Å². The van der Waals surface area contributed by atoms with E-state index in [4.69, 9.17) is 12.2 Å². The molecule has 1 fully saturated rings. The molecule has 0 aliphatic carbocycles. The molecule has 6 nitrogen and oxygen atoms in total. The molecule has 4 rings (SSSR count). The second kappa shape index (κ2) is 8.39. The second-order valence-corrected chi connectivity index (χ2v) is 7.79. The minimum absolute atomic E-state index is 0.0762. The van der Waals surface area contributed by atoms with Gasteiger partial charge in [0.15, 0.2) is 4.77 Å². The van der Waals surface area contributed by atoms with E-state index in [-0.39, 0.29) is 17.3 Å². The number of nitrogens with one attached hydrogen (secondary N) is 1. The molecule has 1 N–H and O–H groups in total. The first kappa shape index (κ1) is 20.3. The second-order valence-electron chi connectivity index (χ2n) is 7.40. The van der Waals surface area contributed by atoms with Crippen molar-refractivity contribution in [3.63, 3.8) is 0 Å². The molecule has 0 bridgehead atoms. The smallest absolute Gasteiger partial charge is 0.262 e. The van der Waals surface area contributed by atoms with Crippen LogP contribution in [-0.4, -0.2) is 46.5 Å². The number of halogens is 1. The zero-order chi connectivity index (χ0) is 21.3. The van der Waals surface area contributed by atoms with E-state index in [9.17, 15) is 14.0 Å². The molecule has 0 radical (unpaired) electrons. The minimum Gasteiger partial charge on any atom is -0.368 e. The van der Waals surface area contributed by atoms with Gasteiger partial charge in [-0.25, -0.2) is 4.39 Å². The SMILES string of the molecule is CCCn1c(=S)[nH]c2cc(C(=O)N3CCN(c4ccc(F)cc4)CC3)ccc2c1=O. The Morgan fingerprint density at radius 2 is 1.80 bits per heavy atom. The van der Waals surface area contributed by atoms with Crippen molar-refractivity contribution in [1.82, 2.24) is 14.5 Å². The Balaban J connectivity index is 1.52. The number of amides is 1. The number of piperazine rings is 1. The molecule has 0 unspecified atom stereocenters. The van der Waals surface area contributed by atoms with Gasteiger partial charge < -0.3 is 14.8 Å². The monoisotopic (exact) mass is 426 g/mol. The standard InChI is InChI=1S/C22H23FN4O2S/c1-2-9-27-21(29)18-8-3-15(14-19(18)24-22(27)30)20(28)26-12-10-25(11-13-26)17-6-4-16(23)5-7-17/h3-8,14H,2,9-13H2,1H3,(H,24,30). The topological polar surface area (TPSA) is 61.3 Å². The third kappa shape index (κ3) is 3.87. The number of benzene rings is 2. The van der Waals surface area contributed by atoms with E-state index in [0.717, 1.165) is 12.1 Å². The van der Waals surface area contributed by atoms with E-state index in [1.165, 1.54) is 12.1 Å². The number of carbonyl (C=O) groups excluding carboxylic acids is 1. The molecule has 1 aliphatic heterocycles. The molecular formula is C22H23FN4O2S. The fourth-order valence-corrected chi connectivity index (χ4v) is 4.10. The number of carbonyl (C=O) groups is 1. The molecule has 30 heavy (non-hydrogen) atoms. The van der Waals surface area contributed by atoms with Crippen LogP contribution in [0.25, 0.3) is 10.9 Å². The normalized spacial score (nSPS) is 14.3. The van der Waals surface area contributed by atoms with Crippen molar-refractivity contribution >= 4 is 34.7 Å². The maximum atomic E-state index is 13.1. The summed E-state index contributed by atoms with van der Waals surface area (Å²) in [5.74, 6) is -0.336. The molecule has 1 amide bonds. The summed E-state index contributed by atoms with van der Waals surface area (Å²) >= 11 is 5.32. The van der Waals surface area contributed by atoms with Gasteiger partial charge in [0.2, 0.25) is 0 Å². The quantitative estimate of drug-likeness (QED) is 0.648. The summed E-state index contributed by atoms with van der Waals surface area (Å²) in [5, 5.41) is 0.523. The van der Waals surface area contributed by atoms with Gasteiger partial charge in [0, 0.05) is 44.0 Å². The Labute approximate surface area is 178 Å².